The van der Waals surface area contributed by atoms with Crippen LogP contribution in [0.1, 0.15) is 26.5 Å². The van der Waals surface area contributed by atoms with Crippen molar-refractivity contribution in [2.75, 3.05) is 7.05 Å². The van der Waals surface area contributed by atoms with Gasteiger partial charge in [0.05, 0.1) is 17.8 Å². The number of rotatable bonds is 4. The Bertz CT molecular complexity index is 629. The molecule has 0 atom stereocenters. The van der Waals surface area contributed by atoms with Crippen molar-refractivity contribution < 1.29 is 14.7 Å². The minimum atomic E-state index is -1.17. The van der Waals surface area contributed by atoms with E-state index >= 15 is 0 Å². The summed E-state index contributed by atoms with van der Waals surface area (Å²) in [5.41, 5.74) is 0.542. The monoisotopic (exact) mass is 271 g/mol. The van der Waals surface area contributed by atoms with Crippen LogP contribution < -0.4 is 0 Å². The molecule has 0 aliphatic rings. The summed E-state index contributed by atoms with van der Waals surface area (Å²) in [6.45, 7) is 0.287. The Kier molecular flexibility index (Phi) is 4.05. The molecule has 20 heavy (non-hydrogen) atoms. The van der Waals surface area contributed by atoms with Crippen molar-refractivity contribution in [2.24, 2.45) is 0 Å². The predicted octanol–water partition coefficient (Wildman–Crippen LogP) is 1.45. The SMILES string of the molecule is CN(Cc1ccccn1)C(=O)c1ncccc1C(=O)O. The molecular formula is C14H13N3O3. The number of hydrogen-bond acceptors (Lipinski definition) is 4. The third kappa shape index (κ3) is 2.97. The number of aromatic nitrogens is 2. The molecule has 0 radical (unpaired) electrons. The smallest absolute Gasteiger partial charge is 0.338 e. The van der Waals surface area contributed by atoms with Crippen LogP contribution in [-0.4, -0.2) is 38.9 Å². The van der Waals surface area contributed by atoms with Crippen LogP contribution in [0.4, 0.5) is 0 Å². The maximum Gasteiger partial charge on any atom is 0.338 e. The molecule has 6 heteroatoms. The third-order valence-electron chi connectivity index (χ3n) is 2.71. The van der Waals surface area contributed by atoms with Crippen LogP contribution in [0.3, 0.4) is 0 Å². The first kappa shape index (κ1) is 13.7. The lowest BCUT2D eigenvalue weighted by Crippen LogP contribution is -2.29. The van der Waals surface area contributed by atoms with E-state index in [0.29, 0.717) is 0 Å². The van der Waals surface area contributed by atoms with Crippen molar-refractivity contribution in [3.05, 3.63) is 59.7 Å². The second-order valence-electron chi connectivity index (χ2n) is 4.19. The van der Waals surface area contributed by atoms with Crippen molar-refractivity contribution in [3.63, 3.8) is 0 Å². The molecule has 0 unspecified atom stereocenters. The summed E-state index contributed by atoms with van der Waals surface area (Å²) in [6.07, 6.45) is 3.03. The Morgan fingerprint density at radius 3 is 2.55 bits per heavy atom. The van der Waals surface area contributed by atoms with Gasteiger partial charge in [0.2, 0.25) is 0 Å². The first-order valence-corrected chi connectivity index (χ1v) is 5.93. The Labute approximate surface area is 115 Å². The average Bonchev–Trinajstić information content (AvgIpc) is 2.47. The Balaban J connectivity index is 2.21. The molecule has 0 fully saturated rings. The number of pyridine rings is 2. The van der Waals surface area contributed by atoms with Gasteiger partial charge in [-0.2, -0.15) is 0 Å². The summed E-state index contributed by atoms with van der Waals surface area (Å²) in [4.78, 5) is 32.7. The molecule has 1 N–H and O–H groups in total. The lowest BCUT2D eigenvalue weighted by molar-refractivity contribution is 0.0678. The van der Waals surface area contributed by atoms with Gasteiger partial charge >= 0.3 is 5.97 Å². The molecule has 0 bridgehead atoms. The fraction of sp³-hybridized carbons (Fsp3) is 0.143. The summed E-state index contributed by atoms with van der Waals surface area (Å²) < 4.78 is 0. The number of carbonyl (C=O) groups is 2. The highest BCUT2D eigenvalue weighted by atomic mass is 16.4. The maximum atomic E-state index is 12.2. The standard InChI is InChI=1S/C14H13N3O3/c1-17(9-10-5-2-3-7-15-10)13(18)12-11(14(19)20)6-4-8-16-12/h2-8H,9H2,1H3,(H,19,20). The minimum absolute atomic E-state index is 0.0709. The predicted molar refractivity (Wildman–Crippen MR) is 71.2 cm³/mol. The lowest BCUT2D eigenvalue weighted by Gasteiger charge is -2.17. The Morgan fingerprint density at radius 1 is 1.15 bits per heavy atom. The van der Waals surface area contributed by atoms with Gasteiger partial charge < -0.3 is 10.0 Å². The van der Waals surface area contributed by atoms with Crippen LogP contribution in [0, 0.1) is 0 Å². The molecule has 2 rings (SSSR count). The van der Waals surface area contributed by atoms with Gasteiger partial charge in [-0.3, -0.25) is 14.8 Å². The molecular weight excluding hydrogens is 258 g/mol. The van der Waals surface area contributed by atoms with Crippen LogP contribution >= 0.6 is 0 Å². The summed E-state index contributed by atoms with van der Waals surface area (Å²) in [5, 5.41) is 9.06. The second kappa shape index (κ2) is 5.92. The molecule has 0 aromatic carbocycles. The van der Waals surface area contributed by atoms with Crippen molar-refractivity contribution in [1.29, 1.82) is 0 Å². The fourth-order valence-electron chi connectivity index (χ4n) is 1.74. The number of carboxylic acid groups (broad SMARTS) is 1. The van der Waals surface area contributed by atoms with E-state index in [1.54, 1.807) is 25.4 Å². The van der Waals surface area contributed by atoms with E-state index in [1.165, 1.54) is 23.2 Å². The van der Waals surface area contributed by atoms with Crippen LogP contribution in [0.2, 0.25) is 0 Å². The number of amides is 1. The Morgan fingerprint density at radius 2 is 1.90 bits per heavy atom. The van der Waals surface area contributed by atoms with Gasteiger partial charge in [-0.1, -0.05) is 6.07 Å². The molecule has 0 saturated carbocycles. The normalized spacial score (nSPS) is 10.1. The molecule has 2 aromatic rings. The van der Waals surface area contributed by atoms with E-state index in [9.17, 15) is 9.59 Å². The quantitative estimate of drug-likeness (QED) is 0.909. The summed E-state index contributed by atoms with van der Waals surface area (Å²) >= 11 is 0. The summed E-state index contributed by atoms with van der Waals surface area (Å²) in [5.74, 6) is -1.62. The molecule has 2 aromatic heterocycles. The average molecular weight is 271 g/mol. The highest BCUT2D eigenvalue weighted by Crippen LogP contribution is 2.10. The first-order chi connectivity index (χ1) is 9.59. The zero-order valence-corrected chi connectivity index (χ0v) is 10.9. The zero-order valence-electron chi connectivity index (χ0n) is 10.9. The fourth-order valence-corrected chi connectivity index (χ4v) is 1.74. The zero-order chi connectivity index (χ0) is 14.5. The topological polar surface area (TPSA) is 83.4 Å². The minimum Gasteiger partial charge on any atom is -0.478 e. The third-order valence-corrected chi connectivity index (χ3v) is 2.71. The van der Waals surface area contributed by atoms with Gasteiger partial charge in [0.15, 0.2) is 0 Å². The van der Waals surface area contributed by atoms with Gasteiger partial charge in [-0.15, -0.1) is 0 Å². The van der Waals surface area contributed by atoms with E-state index in [0.717, 1.165) is 5.69 Å². The van der Waals surface area contributed by atoms with Crippen LogP contribution in [0.15, 0.2) is 42.7 Å². The van der Waals surface area contributed by atoms with Gasteiger partial charge in [0.1, 0.15) is 5.69 Å². The van der Waals surface area contributed by atoms with Crippen molar-refractivity contribution in [3.8, 4) is 0 Å². The van der Waals surface area contributed by atoms with E-state index in [1.807, 2.05) is 6.07 Å². The Hall–Kier alpha value is -2.76. The highest BCUT2D eigenvalue weighted by Gasteiger charge is 2.21. The second-order valence-corrected chi connectivity index (χ2v) is 4.19. The van der Waals surface area contributed by atoms with Crippen LogP contribution in [0.25, 0.3) is 0 Å². The van der Waals surface area contributed by atoms with E-state index < -0.39 is 11.9 Å². The van der Waals surface area contributed by atoms with Gasteiger partial charge in [0.25, 0.3) is 5.91 Å². The van der Waals surface area contributed by atoms with Crippen molar-refractivity contribution >= 4 is 11.9 Å². The van der Waals surface area contributed by atoms with E-state index in [4.69, 9.17) is 5.11 Å². The molecule has 0 aliphatic heterocycles. The molecule has 0 spiro atoms. The molecule has 2 heterocycles. The highest BCUT2D eigenvalue weighted by molar-refractivity contribution is 6.03. The molecule has 1 amide bonds. The largest absolute Gasteiger partial charge is 0.478 e. The first-order valence-electron chi connectivity index (χ1n) is 5.93. The number of carbonyl (C=O) groups excluding carboxylic acids is 1. The number of carboxylic acids is 1. The van der Waals surface area contributed by atoms with E-state index in [2.05, 4.69) is 9.97 Å². The van der Waals surface area contributed by atoms with E-state index in [-0.39, 0.29) is 17.8 Å². The molecule has 102 valence electrons. The summed E-state index contributed by atoms with van der Waals surface area (Å²) in [6, 6.07) is 8.24. The van der Waals surface area contributed by atoms with Gasteiger partial charge in [-0.05, 0) is 24.3 Å². The van der Waals surface area contributed by atoms with Crippen LogP contribution in [-0.2, 0) is 6.54 Å². The van der Waals surface area contributed by atoms with Crippen molar-refractivity contribution in [1.82, 2.24) is 14.9 Å². The molecule has 0 saturated heterocycles. The van der Waals surface area contributed by atoms with Crippen molar-refractivity contribution in [2.45, 2.75) is 6.54 Å². The molecule has 0 aliphatic carbocycles. The van der Waals surface area contributed by atoms with Gasteiger partial charge in [0, 0.05) is 19.4 Å². The number of aromatic carboxylic acids is 1. The van der Waals surface area contributed by atoms with Gasteiger partial charge in [-0.25, -0.2) is 4.79 Å². The van der Waals surface area contributed by atoms with Crippen LogP contribution in [0.5, 0.6) is 0 Å². The molecule has 6 nitrogen and oxygen atoms in total. The number of hydrogen-bond donors (Lipinski definition) is 1. The maximum absolute atomic E-state index is 12.2. The number of nitrogens with zero attached hydrogens (tertiary/aromatic N) is 3. The lowest BCUT2D eigenvalue weighted by atomic mass is 10.1. The summed E-state index contributed by atoms with van der Waals surface area (Å²) in [7, 11) is 1.58.